The number of hydrogen-bond donors (Lipinski definition) is 2. The van der Waals surface area contributed by atoms with Crippen LogP contribution in [0.1, 0.15) is 55.8 Å². The molecule has 2 atom stereocenters. The van der Waals surface area contributed by atoms with E-state index in [1.165, 1.54) is 0 Å². The van der Waals surface area contributed by atoms with Crippen LogP contribution in [0, 0.1) is 6.57 Å². The molecule has 0 bridgehead atoms. The van der Waals surface area contributed by atoms with Crippen molar-refractivity contribution >= 4 is 39.7 Å². The average molecular weight is 487 g/mol. The summed E-state index contributed by atoms with van der Waals surface area (Å²) in [6.07, 6.45) is 9.41. The molecule has 2 aliphatic heterocycles. The van der Waals surface area contributed by atoms with E-state index in [2.05, 4.69) is 25.0 Å². The highest BCUT2D eigenvalue weighted by Gasteiger charge is 2.39. The van der Waals surface area contributed by atoms with Crippen LogP contribution in [0.25, 0.3) is 4.85 Å². The van der Waals surface area contributed by atoms with Crippen molar-refractivity contribution in [3.8, 4) is 0 Å². The number of pyridine rings is 1. The first-order chi connectivity index (χ1) is 16.0. The third-order valence-electron chi connectivity index (χ3n) is 7.11. The molecule has 10 heteroatoms. The maximum absolute atomic E-state index is 12.8. The standard InChI is InChI=1S/C23H27ClN6O2S/c1-25-18-17-6-11-33(32)19(17)21(29-23(14-31)7-3-8-23)28-22(18)30-9-2-4-15(5-10-30)20-26-12-16(24)13-27-20/h12-13,15,31H,2-11,14H2,(H,28,29)/t15?,33-/m0/s1. The van der Waals surface area contributed by atoms with Gasteiger partial charge in [-0.1, -0.05) is 11.6 Å². The van der Waals surface area contributed by atoms with Gasteiger partial charge in [-0.05, 0) is 50.5 Å². The molecular weight excluding hydrogens is 460 g/mol. The summed E-state index contributed by atoms with van der Waals surface area (Å²) >= 11 is 5.95. The smallest absolute Gasteiger partial charge is 0.232 e. The number of nitrogens with zero attached hydrogens (tertiary/aromatic N) is 5. The Balaban J connectivity index is 1.47. The van der Waals surface area contributed by atoms with Crippen molar-refractivity contribution in [2.75, 3.05) is 35.7 Å². The molecule has 0 spiro atoms. The number of fused-ring (bicyclic) bond motifs is 1. The predicted octanol–water partition coefficient (Wildman–Crippen LogP) is 3.84. The largest absolute Gasteiger partial charge is 0.394 e. The third-order valence-corrected chi connectivity index (χ3v) is 8.78. The van der Waals surface area contributed by atoms with E-state index in [0.29, 0.717) is 39.4 Å². The van der Waals surface area contributed by atoms with Gasteiger partial charge in [0, 0.05) is 37.2 Å². The lowest BCUT2D eigenvalue weighted by Gasteiger charge is -2.42. The van der Waals surface area contributed by atoms with Crippen molar-refractivity contribution in [1.29, 1.82) is 0 Å². The molecule has 0 radical (unpaired) electrons. The molecule has 2 fully saturated rings. The first-order valence-electron chi connectivity index (χ1n) is 11.5. The Labute approximate surface area is 201 Å². The predicted molar refractivity (Wildman–Crippen MR) is 129 cm³/mol. The van der Waals surface area contributed by atoms with Gasteiger partial charge in [-0.15, -0.1) is 0 Å². The number of aliphatic hydroxyl groups excluding tert-OH is 1. The topological polar surface area (TPSA) is 95.6 Å². The molecule has 3 aliphatic rings. The Morgan fingerprint density at radius 3 is 2.73 bits per heavy atom. The quantitative estimate of drug-likeness (QED) is 0.620. The van der Waals surface area contributed by atoms with Crippen LogP contribution in [-0.2, 0) is 17.2 Å². The molecule has 174 valence electrons. The molecule has 33 heavy (non-hydrogen) atoms. The van der Waals surface area contributed by atoms with E-state index in [1.807, 2.05) is 0 Å². The van der Waals surface area contributed by atoms with Crippen LogP contribution < -0.4 is 10.2 Å². The lowest BCUT2D eigenvalue weighted by Crippen LogP contribution is -2.48. The molecule has 1 saturated heterocycles. The van der Waals surface area contributed by atoms with Crippen molar-refractivity contribution in [2.45, 2.75) is 61.3 Å². The Kier molecular flexibility index (Phi) is 6.25. The highest BCUT2D eigenvalue weighted by Crippen LogP contribution is 2.45. The first-order valence-corrected chi connectivity index (χ1v) is 13.2. The SMILES string of the molecule is [C-]#[N+]c1c(N2CCCC(c3ncc(Cl)cn3)CC2)nc(NC2(CO)CCC2)c2c1CC[S@@]2=O. The Morgan fingerprint density at radius 1 is 1.27 bits per heavy atom. The van der Waals surface area contributed by atoms with Crippen LogP contribution in [0.3, 0.4) is 0 Å². The van der Waals surface area contributed by atoms with Crippen LogP contribution in [0.5, 0.6) is 0 Å². The second kappa shape index (κ2) is 9.16. The van der Waals surface area contributed by atoms with E-state index in [-0.39, 0.29) is 12.5 Å². The van der Waals surface area contributed by atoms with Gasteiger partial charge in [0.1, 0.15) is 17.5 Å². The van der Waals surface area contributed by atoms with Gasteiger partial charge >= 0.3 is 0 Å². The van der Waals surface area contributed by atoms with Crippen LogP contribution in [0.2, 0.25) is 5.02 Å². The van der Waals surface area contributed by atoms with Gasteiger partial charge in [0.25, 0.3) is 0 Å². The Morgan fingerprint density at radius 2 is 2.06 bits per heavy atom. The maximum atomic E-state index is 12.8. The summed E-state index contributed by atoms with van der Waals surface area (Å²) in [4.78, 5) is 20.4. The van der Waals surface area contributed by atoms with Gasteiger partial charge in [0.2, 0.25) is 5.69 Å². The lowest BCUT2D eigenvalue weighted by atomic mass is 9.77. The Bertz CT molecular complexity index is 1110. The fraction of sp³-hybridized carbons (Fsp3) is 0.565. The van der Waals surface area contributed by atoms with Crippen molar-refractivity contribution in [2.24, 2.45) is 0 Å². The zero-order chi connectivity index (χ0) is 23.0. The molecule has 8 nitrogen and oxygen atoms in total. The van der Waals surface area contributed by atoms with Gasteiger partial charge in [-0.3, -0.25) is 4.21 Å². The normalized spacial score (nSPS) is 23.8. The van der Waals surface area contributed by atoms with E-state index in [0.717, 1.165) is 63.0 Å². The molecule has 1 aliphatic carbocycles. The first kappa shape index (κ1) is 22.5. The molecule has 1 unspecified atom stereocenters. The summed E-state index contributed by atoms with van der Waals surface area (Å²) in [5, 5.41) is 14.0. The summed E-state index contributed by atoms with van der Waals surface area (Å²) in [6, 6.07) is 0. The summed E-state index contributed by atoms with van der Waals surface area (Å²) < 4.78 is 12.8. The molecule has 2 N–H and O–H groups in total. The number of nitrogens with one attached hydrogen (secondary N) is 1. The van der Waals surface area contributed by atoms with Gasteiger partial charge in [0.15, 0.2) is 0 Å². The van der Waals surface area contributed by atoms with E-state index in [9.17, 15) is 9.32 Å². The molecule has 4 heterocycles. The van der Waals surface area contributed by atoms with Crippen LogP contribution >= 0.6 is 11.6 Å². The Hall–Kier alpha value is -2.28. The number of aromatic nitrogens is 3. The minimum absolute atomic E-state index is 0.0163. The maximum Gasteiger partial charge on any atom is 0.232 e. The van der Waals surface area contributed by atoms with Crippen LogP contribution in [0.4, 0.5) is 17.3 Å². The molecule has 0 amide bonds. The summed E-state index contributed by atoms with van der Waals surface area (Å²) in [5.74, 6) is 2.80. The van der Waals surface area contributed by atoms with Crippen molar-refractivity contribution in [3.05, 3.63) is 40.2 Å². The van der Waals surface area contributed by atoms with E-state index < -0.39 is 16.3 Å². The summed E-state index contributed by atoms with van der Waals surface area (Å²) in [7, 11) is -1.18. The van der Waals surface area contributed by atoms with Crippen molar-refractivity contribution < 1.29 is 9.32 Å². The number of anilines is 2. The molecule has 0 aromatic carbocycles. The average Bonchev–Trinajstić information content (AvgIpc) is 3.03. The van der Waals surface area contributed by atoms with Crippen molar-refractivity contribution in [3.63, 3.8) is 0 Å². The highest BCUT2D eigenvalue weighted by atomic mass is 35.5. The lowest BCUT2D eigenvalue weighted by molar-refractivity contribution is 0.143. The molecule has 2 aromatic heterocycles. The second-order valence-corrected chi connectivity index (χ2v) is 11.1. The van der Waals surface area contributed by atoms with E-state index in [4.69, 9.17) is 23.2 Å². The minimum Gasteiger partial charge on any atom is -0.394 e. The third kappa shape index (κ3) is 4.20. The second-order valence-electron chi connectivity index (χ2n) is 9.14. The molecular formula is C23H27ClN6O2S. The molecule has 1 saturated carbocycles. The fourth-order valence-corrected chi connectivity index (χ4v) is 6.55. The monoisotopic (exact) mass is 486 g/mol. The van der Waals surface area contributed by atoms with Crippen LogP contribution in [0.15, 0.2) is 17.3 Å². The number of aliphatic hydroxyl groups is 1. The molecule has 2 aromatic rings. The van der Waals surface area contributed by atoms with Crippen molar-refractivity contribution in [1.82, 2.24) is 15.0 Å². The summed E-state index contributed by atoms with van der Waals surface area (Å²) in [5.41, 5.74) is 0.972. The minimum atomic E-state index is -1.18. The highest BCUT2D eigenvalue weighted by molar-refractivity contribution is 7.85. The van der Waals surface area contributed by atoms with Gasteiger partial charge in [-0.25, -0.2) is 19.8 Å². The van der Waals surface area contributed by atoms with E-state index in [1.54, 1.807) is 12.4 Å². The fourth-order valence-electron chi connectivity index (χ4n) is 5.07. The number of rotatable bonds is 5. The number of hydrogen-bond acceptors (Lipinski definition) is 7. The zero-order valence-corrected chi connectivity index (χ0v) is 20.0. The van der Waals surface area contributed by atoms with Crippen LogP contribution in [-0.4, -0.2) is 55.3 Å². The van der Waals surface area contributed by atoms with E-state index >= 15 is 0 Å². The number of halogens is 1. The van der Waals surface area contributed by atoms with Gasteiger partial charge in [0.05, 0.1) is 39.4 Å². The van der Waals surface area contributed by atoms with Gasteiger partial charge < -0.3 is 15.3 Å². The van der Waals surface area contributed by atoms with Gasteiger partial charge in [-0.2, -0.15) is 0 Å². The molecule has 5 rings (SSSR count). The zero-order valence-electron chi connectivity index (χ0n) is 18.4. The summed E-state index contributed by atoms with van der Waals surface area (Å²) in [6.45, 7) is 9.42.